The molecule has 0 bridgehead atoms. The molecule has 0 aliphatic carbocycles. The number of ether oxygens (including phenoxy) is 1. The molecule has 0 radical (unpaired) electrons. The average molecular weight is 497 g/mol. The first kappa shape index (κ1) is 25.3. The van der Waals surface area contributed by atoms with Crippen molar-refractivity contribution in [2.24, 2.45) is 0 Å². The second kappa shape index (κ2) is 10.3. The lowest BCUT2D eigenvalue weighted by atomic mass is 10.1. The predicted octanol–water partition coefficient (Wildman–Crippen LogP) is 2.76. The molecule has 1 fully saturated rings. The molecule has 2 aromatic carbocycles. The van der Waals surface area contributed by atoms with Crippen molar-refractivity contribution in [3.05, 3.63) is 53.6 Å². The van der Waals surface area contributed by atoms with Crippen LogP contribution in [0.5, 0.6) is 5.75 Å². The molecule has 0 spiro atoms. The van der Waals surface area contributed by atoms with E-state index >= 15 is 0 Å². The number of halogens is 3. The van der Waals surface area contributed by atoms with Crippen molar-refractivity contribution >= 4 is 21.6 Å². The van der Waals surface area contributed by atoms with Gasteiger partial charge in [-0.05, 0) is 49.5 Å². The molecule has 1 N–H and O–H groups in total. The van der Waals surface area contributed by atoms with Crippen molar-refractivity contribution in [3.8, 4) is 11.8 Å². The molecule has 182 valence electrons. The first-order valence-electron chi connectivity index (χ1n) is 10.4. The molecule has 1 aliphatic rings. The highest BCUT2D eigenvalue weighted by atomic mass is 32.2. The number of anilines is 1. The Hall–Kier alpha value is -3.30. The van der Waals surface area contributed by atoms with Crippen LogP contribution in [0.15, 0.2) is 47.4 Å². The number of nitrogens with zero attached hydrogens (tertiary/aromatic N) is 3. The van der Waals surface area contributed by atoms with Crippen molar-refractivity contribution in [3.63, 3.8) is 0 Å². The number of piperazine rings is 1. The summed E-state index contributed by atoms with van der Waals surface area (Å²) in [6.07, 6.45) is -5.64. The highest BCUT2D eigenvalue weighted by molar-refractivity contribution is 7.89. The van der Waals surface area contributed by atoms with Gasteiger partial charge in [-0.2, -0.15) is 18.4 Å². The zero-order chi connectivity index (χ0) is 24.9. The van der Waals surface area contributed by atoms with Crippen molar-refractivity contribution in [2.45, 2.75) is 17.5 Å². The Morgan fingerprint density at radius 1 is 1.12 bits per heavy atom. The number of hydrogen-bond donors (Lipinski definition) is 1. The molecule has 0 saturated carbocycles. The van der Waals surface area contributed by atoms with Gasteiger partial charge in [-0.15, -0.1) is 0 Å². The topological polar surface area (TPSA) is 103 Å². The molecule has 0 unspecified atom stereocenters. The fourth-order valence-electron chi connectivity index (χ4n) is 3.45. The van der Waals surface area contributed by atoms with Gasteiger partial charge < -0.3 is 14.5 Å². The number of carbonyl (C=O) groups is 1. The lowest BCUT2D eigenvalue weighted by Gasteiger charge is -2.36. The van der Waals surface area contributed by atoms with Gasteiger partial charge in [0.2, 0.25) is 10.0 Å². The largest absolute Gasteiger partial charge is 0.492 e. The van der Waals surface area contributed by atoms with Crippen molar-refractivity contribution in [2.75, 3.05) is 44.7 Å². The summed E-state index contributed by atoms with van der Waals surface area (Å²) in [6.45, 7) is 0.884. The van der Waals surface area contributed by atoms with E-state index in [1.54, 1.807) is 12.1 Å². The van der Waals surface area contributed by atoms with Crippen LogP contribution in [-0.2, 0) is 10.0 Å². The van der Waals surface area contributed by atoms with Gasteiger partial charge in [-0.25, -0.2) is 13.1 Å². The maximum Gasteiger partial charge on any atom is 0.392 e. The summed E-state index contributed by atoms with van der Waals surface area (Å²) in [5, 5.41) is 8.93. The second-order valence-electron chi connectivity index (χ2n) is 7.52. The van der Waals surface area contributed by atoms with Crippen molar-refractivity contribution < 1.29 is 31.1 Å². The van der Waals surface area contributed by atoms with Crippen LogP contribution in [0.25, 0.3) is 0 Å². The van der Waals surface area contributed by atoms with Crippen LogP contribution >= 0.6 is 0 Å². The van der Waals surface area contributed by atoms with E-state index < -0.39 is 35.1 Å². The van der Waals surface area contributed by atoms with E-state index in [1.165, 1.54) is 24.1 Å². The number of sulfonamides is 1. The molecule has 0 aromatic heterocycles. The zero-order valence-electron chi connectivity index (χ0n) is 18.3. The lowest BCUT2D eigenvalue weighted by molar-refractivity contribution is -0.139. The summed E-state index contributed by atoms with van der Waals surface area (Å²) < 4.78 is 69.4. The quantitative estimate of drug-likeness (QED) is 0.633. The van der Waals surface area contributed by atoms with Gasteiger partial charge >= 0.3 is 6.18 Å². The lowest BCUT2D eigenvalue weighted by Crippen LogP contribution is -2.48. The normalized spacial score (nSPS) is 14.6. The van der Waals surface area contributed by atoms with Crippen LogP contribution < -0.4 is 14.4 Å². The van der Waals surface area contributed by atoms with Gasteiger partial charge in [-0.1, -0.05) is 0 Å². The van der Waals surface area contributed by atoms with E-state index in [4.69, 9.17) is 10.00 Å². The second-order valence-corrected chi connectivity index (χ2v) is 9.40. The number of carbonyl (C=O) groups excluding carboxylic acids is 1. The molecule has 1 heterocycles. The maximum atomic E-state index is 13.2. The van der Waals surface area contributed by atoms with Gasteiger partial charge in [0, 0.05) is 31.9 Å². The SMILES string of the molecule is CNS(=O)(=O)c1ccc(OCCC(F)(F)F)c(C(=O)N2CCN(c3ccc(C#N)cc3)CC2)c1. The van der Waals surface area contributed by atoms with E-state index in [-0.39, 0.29) is 16.2 Å². The first-order chi connectivity index (χ1) is 16.0. The van der Waals surface area contributed by atoms with Gasteiger partial charge in [0.25, 0.3) is 5.91 Å². The molecular formula is C22H23F3N4O4S. The molecule has 34 heavy (non-hydrogen) atoms. The minimum Gasteiger partial charge on any atom is -0.492 e. The van der Waals surface area contributed by atoms with Crippen molar-refractivity contribution in [1.29, 1.82) is 5.26 Å². The molecule has 3 rings (SSSR count). The third-order valence-corrected chi connectivity index (χ3v) is 6.74. The molecule has 12 heteroatoms. The van der Waals surface area contributed by atoms with Crippen LogP contribution in [0, 0.1) is 11.3 Å². The van der Waals surface area contributed by atoms with Crippen LogP contribution in [-0.4, -0.2) is 65.2 Å². The fraction of sp³-hybridized carbons (Fsp3) is 0.364. The standard InChI is InChI=1S/C22H23F3N4O4S/c1-27-34(31,32)18-6-7-20(33-13-8-22(23,24)25)19(14-18)21(30)29-11-9-28(10-12-29)17-4-2-16(15-26)3-5-17/h2-7,14,27H,8-13H2,1H3. The van der Waals surface area contributed by atoms with E-state index in [1.807, 2.05) is 17.0 Å². The van der Waals surface area contributed by atoms with Crippen molar-refractivity contribution in [1.82, 2.24) is 9.62 Å². The van der Waals surface area contributed by atoms with E-state index in [9.17, 15) is 26.4 Å². The van der Waals surface area contributed by atoms with E-state index in [0.717, 1.165) is 11.8 Å². The van der Waals surface area contributed by atoms with Crippen LogP contribution in [0.1, 0.15) is 22.3 Å². The van der Waals surface area contributed by atoms with Crippen LogP contribution in [0.2, 0.25) is 0 Å². The number of nitrogens with one attached hydrogen (secondary N) is 1. The zero-order valence-corrected chi connectivity index (χ0v) is 19.1. The summed E-state index contributed by atoms with van der Waals surface area (Å²) in [7, 11) is -2.67. The fourth-order valence-corrected chi connectivity index (χ4v) is 4.20. The van der Waals surface area contributed by atoms with Gasteiger partial charge in [-0.3, -0.25) is 4.79 Å². The number of benzene rings is 2. The number of nitriles is 1. The molecule has 1 amide bonds. The van der Waals surface area contributed by atoms with E-state index in [0.29, 0.717) is 31.7 Å². The van der Waals surface area contributed by atoms with Gasteiger partial charge in [0.1, 0.15) is 5.75 Å². The third-order valence-electron chi connectivity index (χ3n) is 5.33. The summed E-state index contributed by atoms with van der Waals surface area (Å²) in [4.78, 5) is 16.6. The Morgan fingerprint density at radius 3 is 2.32 bits per heavy atom. The summed E-state index contributed by atoms with van der Waals surface area (Å²) in [5.74, 6) is -0.645. The smallest absolute Gasteiger partial charge is 0.392 e. The Kier molecular flexibility index (Phi) is 7.68. The Labute approximate surface area is 195 Å². The highest BCUT2D eigenvalue weighted by Crippen LogP contribution is 2.27. The molecular weight excluding hydrogens is 473 g/mol. The summed E-state index contributed by atoms with van der Waals surface area (Å²) in [6, 6.07) is 12.6. The van der Waals surface area contributed by atoms with Gasteiger partial charge in [0.05, 0.1) is 35.1 Å². The predicted molar refractivity (Wildman–Crippen MR) is 118 cm³/mol. The summed E-state index contributed by atoms with van der Waals surface area (Å²) in [5.41, 5.74) is 1.31. The highest BCUT2D eigenvalue weighted by Gasteiger charge is 2.29. The molecule has 8 nitrogen and oxygen atoms in total. The average Bonchev–Trinajstić information content (AvgIpc) is 2.83. The Bertz CT molecular complexity index is 1170. The van der Waals surface area contributed by atoms with Crippen LogP contribution in [0.4, 0.5) is 18.9 Å². The summed E-state index contributed by atoms with van der Waals surface area (Å²) >= 11 is 0. The molecule has 0 atom stereocenters. The molecule has 1 aliphatic heterocycles. The Morgan fingerprint density at radius 2 is 1.76 bits per heavy atom. The number of alkyl halides is 3. The monoisotopic (exact) mass is 496 g/mol. The molecule has 2 aromatic rings. The number of hydrogen-bond acceptors (Lipinski definition) is 6. The van der Waals surface area contributed by atoms with Gasteiger partial charge in [0.15, 0.2) is 0 Å². The first-order valence-corrected chi connectivity index (χ1v) is 11.8. The maximum absolute atomic E-state index is 13.2. The Balaban J connectivity index is 1.78. The van der Waals surface area contributed by atoms with Crippen LogP contribution in [0.3, 0.4) is 0 Å². The third kappa shape index (κ3) is 6.18. The molecule has 1 saturated heterocycles. The minimum absolute atomic E-state index is 0.112. The van der Waals surface area contributed by atoms with E-state index in [2.05, 4.69) is 10.8 Å². The number of amides is 1. The minimum atomic E-state index is -4.43. The number of rotatable bonds is 7.